The van der Waals surface area contributed by atoms with E-state index in [1.54, 1.807) is 23.9 Å². The van der Waals surface area contributed by atoms with Gasteiger partial charge in [-0.05, 0) is 35.9 Å². The van der Waals surface area contributed by atoms with E-state index in [2.05, 4.69) is 10.4 Å². The molecule has 3 aromatic carbocycles. The van der Waals surface area contributed by atoms with Crippen molar-refractivity contribution >= 4 is 17.5 Å². The minimum atomic E-state index is -0.236. The highest BCUT2D eigenvalue weighted by Crippen LogP contribution is 2.27. The zero-order chi connectivity index (χ0) is 20.9. The maximum atomic E-state index is 13.1. The highest BCUT2D eigenvalue weighted by molar-refractivity contribution is 6.32. The van der Waals surface area contributed by atoms with E-state index in [4.69, 9.17) is 16.3 Å². The molecule has 0 atom stereocenters. The molecule has 0 spiro atoms. The summed E-state index contributed by atoms with van der Waals surface area (Å²) in [7, 11) is 1.61. The molecule has 0 aliphatic rings. The second-order valence-corrected chi connectivity index (χ2v) is 7.09. The smallest absolute Gasteiger partial charge is 0.270 e. The molecular formula is C24H20ClN3O2. The van der Waals surface area contributed by atoms with Crippen LogP contribution in [0.2, 0.25) is 5.02 Å². The number of methoxy groups -OCH3 is 1. The summed E-state index contributed by atoms with van der Waals surface area (Å²) < 4.78 is 6.90. The quantitative estimate of drug-likeness (QED) is 0.473. The van der Waals surface area contributed by atoms with Crippen molar-refractivity contribution in [2.24, 2.45) is 0 Å². The minimum Gasteiger partial charge on any atom is -0.497 e. The monoisotopic (exact) mass is 417 g/mol. The van der Waals surface area contributed by atoms with Crippen LogP contribution in [0.5, 0.6) is 5.75 Å². The van der Waals surface area contributed by atoms with Crippen LogP contribution in [0.1, 0.15) is 16.1 Å². The lowest BCUT2D eigenvalue weighted by Gasteiger charge is -2.09. The van der Waals surface area contributed by atoms with Gasteiger partial charge in [0.2, 0.25) is 0 Å². The molecule has 150 valence electrons. The lowest BCUT2D eigenvalue weighted by atomic mass is 10.1. The number of aromatic nitrogens is 2. The third kappa shape index (κ3) is 4.21. The number of nitrogens with zero attached hydrogens (tertiary/aromatic N) is 2. The predicted octanol–water partition coefficient (Wildman–Crippen LogP) is 5.13. The maximum absolute atomic E-state index is 13.1. The SMILES string of the molecule is COc1cccc(-c2cc(C(=O)NCc3ccccc3)n(-c3ccccc3Cl)n2)c1. The highest BCUT2D eigenvalue weighted by atomic mass is 35.5. The molecular weight excluding hydrogens is 398 g/mol. The van der Waals surface area contributed by atoms with Crippen LogP contribution in [-0.4, -0.2) is 22.8 Å². The largest absolute Gasteiger partial charge is 0.497 e. The molecule has 0 saturated heterocycles. The number of carbonyl (C=O) groups excluding carboxylic acids is 1. The van der Waals surface area contributed by atoms with Crippen LogP contribution in [0.4, 0.5) is 0 Å². The number of rotatable bonds is 6. The Morgan fingerprint density at radius 3 is 2.53 bits per heavy atom. The summed E-state index contributed by atoms with van der Waals surface area (Å²) in [4.78, 5) is 13.1. The number of benzene rings is 3. The molecule has 1 N–H and O–H groups in total. The van der Waals surface area contributed by atoms with Gasteiger partial charge in [-0.1, -0.05) is 66.2 Å². The van der Waals surface area contributed by atoms with Crippen LogP contribution in [0.3, 0.4) is 0 Å². The van der Waals surface area contributed by atoms with Crippen molar-refractivity contribution in [3.8, 4) is 22.7 Å². The first kappa shape index (κ1) is 19.7. The molecule has 0 bridgehead atoms. The van der Waals surface area contributed by atoms with Gasteiger partial charge in [0.15, 0.2) is 0 Å². The summed E-state index contributed by atoms with van der Waals surface area (Å²) in [6, 6.07) is 26.4. The topological polar surface area (TPSA) is 56.1 Å². The van der Waals surface area contributed by atoms with Crippen LogP contribution in [0, 0.1) is 0 Å². The van der Waals surface area contributed by atoms with Crippen LogP contribution < -0.4 is 10.1 Å². The van der Waals surface area contributed by atoms with E-state index in [0.29, 0.717) is 28.6 Å². The first-order valence-corrected chi connectivity index (χ1v) is 9.85. The molecule has 30 heavy (non-hydrogen) atoms. The average Bonchev–Trinajstić information content (AvgIpc) is 3.24. The summed E-state index contributed by atoms with van der Waals surface area (Å²) in [5.41, 5.74) is 3.55. The lowest BCUT2D eigenvalue weighted by Crippen LogP contribution is -2.25. The minimum absolute atomic E-state index is 0.236. The second kappa shape index (κ2) is 8.84. The van der Waals surface area contributed by atoms with Gasteiger partial charge in [0.1, 0.15) is 11.4 Å². The summed E-state index contributed by atoms with van der Waals surface area (Å²) in [5, 5.41) is 8.15. The Bertz CT molecular complexity index is 1170. The van der Waals surface area contributed by atoms with E-state index < -0.39 is 0 Å². The molecule has 4 aromatic rings. The number of nitrogens with one attached hydrogen (secondary N) is 1. The van der Waals surface area contributed by atoms with Crippen molar-refractivity contribution in [3.63, 3.8) is 0 Å². The van der Waals surface area contributed by atoms with Crippen LogP contribution in [0.25, 0.3) is 16.9 Å². The van der Waals surface area contributed by atoms with Crippen LogP contribution in [-0.2, 0) is 6.54 Å². The predicted molar refractivity (Wildman–Crippen MR) is 118 cm³/mol. The summed E-state index contributed by atoms with van der Waals surface area (Å²) in [5.74, 6) is 0.482. The fraction of sp³-hybridized carbons (Fsp3) is 0.0833. The van der Waals surface area contributed by atoms with Gasteiger partial charge in [0, 0.05) is 12.1 Å². The molecule has 0 radical (unpaired) electrons. The number of hydrogen-bond donors (Lipinski definition) is 1. The number of amides is 1. The fourth-order valence-electron chi connectivity index (χ4n) is 3.14. The number of hydrogen-bond acceptors (Lipinski definition) is 3. The molecule has 1 aromatic heterocycles. The number of ether oxygens (including phenoxy) is 1. The molecule has 5 nitrogen and oxygen atoms in total. The van der Waals surface area contributed by atoms with Gasteiger partial charge in [-0.2, -0.15) is 5.10 Å². The van der Waals surface area contributed by atoms with Gasteiger partial charge in [0.05, 0.1) is 23.5 Å². The molecule has 1 heterocycles. The Hall–Kier alpha value is -3.57. The Balaban J connectivity index is 1.72. The van der Waals surface area contributed by atoms with Crippen molar-refractivity contribution in [3.05, 3.63) is 101 Å². The zero-order valence-corrected chi connectivity index (χ0v) is 17.1. The van der Waals surface area contributed by atoms with E-state index in [0.717, 1.165) is 16.9 Å². The lowest BCUT2D eigenvalue weighted by molar-refractivity contribution is 0.0943. The Kier molecular flexibility index (Phi) is 5.82. The molecule has 6 heteroatoms. The van der Waals surface area contributed by atoms with Gasteiger partial charge in [-0.25, -0.2) is 4.68 Å². The van der Waals surface area contributed by atoms with Crippen molar-refractivity contribution in [2.45, 2.75) is 6.54 Å². The Morgan fingerprint density at radius 1 is 1.00 bits per heavy atom. The maximum Gasteiger partial charge on any atom is 0.270 e. The van der Waals surface area contributed by atoms with E-state index in [-0.39, 0.29) is 5.91 Å². The van der Waals surface area contributed by atoms with Gasteiger partial charge >= 0.3 is 0 Å². The van der Waals surface area contributed by atoms with Gasteiger partial charge < -0.3 is 10.1 Å². The molecule has 0 fully saturated rings. The second-order valence-electron chi connectivity index (χ2n) is 6.68. The first-order valence-electron chi connectivity index (χ1n) is 9.47. The van der Waals surface area contributed by atoms with Crippen molar-refractivity contribution in [1.29, 1.82) is 0 Å². The highest BCUT2D eigenvalue weighted by Gasteiger charge is 2.19. The number of halogens is 1. The van der Waals surface area contributed by atoms with Gasteiger partial charge in [-0.3, -0.25) is 4.79 Å². The summed E-state index contributed by atoms with van der Waals surface area (Å²) in [6.07, 6.45) is 0. The third-order valence-corrected chi connectivity index (χ3v) is 5.00. The molecule has 0 aliphatic heterocycles. The zero-order valence-electron chi connectivity index (χ0n) is 16.4. The van der Waals surface area contributed by atoms with Crippen molar-refractivity contribution < 1.29 is 9.53 Å². The Labute approximate surface area is 179 Å². The normalized spacial score (nSPS) is 10.6. The van der Waals surface area contributed by atoms with Gasteiger partial charge in [-0.15, -0.1) is 0 Å². The van der Waals surface area contributed by atoms with E-state index >= 15 is 0 Å². The van der Waals surface area contributed by atoms with E-state index in [1.807, 2.05) is 72.8 Å². The molecule has 4 rings (SSSR count). The van der Waals surface area contributed by atoms with Crippen LogP contribution in [0.15, 0.2) is 84.9 Å². The van der Waals surface area contributed by atoms with E-state index in [9.17, 15) is 4.79 Å². The molecule has 0 unspecified atom stereocenters. The van der Waals surface area contributed by atoms with Crippen molar-refractivity contribution in [1.82, 2.24) is 15.1 Å². The number of para-hydroxylation sites is 1. The Morgan fingerprint density at radius 2 is 1.77 bits per heavy atom. The molecule has 0 aliphatic carbocycles. The van der Waals surface area contributed by atoms with Gasteiger partial charge in [0.25, 0.3) is 5.91 Å². The first-order chi connectivity index (χ1) is 14.7. The summed E-state index contributed by atoms with van der Waals surface area (Å²) >= 11 is 6.40. The third-order valence-electron chi connectivity index (χ3n) is 4.68. The standard InChI is InChI=1S/C24H20ClN3O2/c1-30-19-11-7-10-18(14-19)21-15-23(24(29)26-16-17-8-3-2-4-9-17)28(27-21)22-13-6-5-12-20(22)25/h2-15H,16H2,1H3,(H,26,29). The van der Waals surface area contributed by atoms with Crippen molar-refractivity contribution in [2.75, 3.05) is 7.11 Å². The fourth-order valence-corrected chi connectivity index (χ4v) is 3.36. The average molecular weight is 418 g/mol. The number of carbonyl (C=O) groups is 1. The van der Waals surface area contributed by atoms with E-state index in [1.165, 1.54) is 0 Å². The molecule has 0 saturated carbocycles. The summed E-state index contributed by atoms with van der Waals surface area (Å²) in [6.45, 7) is 0.419. The molecule has 1 amide bonds. The van der Waals surface area contributed by atoms with Crippen LogP contribution >= 0.6 is 11.6 Å².